The average molecular weight is 336 g/mol. The van der Waals surface area contributed by atoms with Gasteiger partial charge in [0, 0.05) is 17.7 Å². The SMILES string of the molecule is Cc1ccc(Cc2c(C)nn(-c3ccc(C#N)c(Cl)c3)c2C)cc1. The molecule has 0 amide bonds. The van der Waals surface area contributed by atoms with E-state index in [1.807, 2.05) is 17.7 Å². The van der Waals surface area contributed by atoms with Crippen LogP contribution in [0.4, 0.5) is 0 Å². The van der Waals surface area contributed by atoms with Gasteiger partial charge in [-0.05, 0) is 44.5 Å². The molecule has 2 aromatic carbocycles. The third-order valence-corrected chi connectivity index (χ3v) is 4.57. The zero-order valence-electron chi connectivity index (χ0n) is 14.0. The monoisotopic (exact) mass is 335 g/mol. The van der Waals surface area contributed by atoms with Crippen LogP contribution in [0.15, 0.2) is 42.5 Å². The number of rotatable bonds is 3. The summed E-state index contributed by atoms with van der Waals surface area (Å²) in [6, 6.07) is 16.0. The van der Waals surface area contributed by atoms with Crippen LogP contribution in [0.25, 0.3) is 5.69 Å². The van der Waals surface area contributed by atoms with Gasteiger partial charge in [0.05, 0.1) is 22.0 Å². The van der Waals surface area contributed by atoms with Gasteiger partial charge in [-0.2, -0.15) is 10.4 Å². The van der Waals surface area contributed by atoms with Gasteiger partial charge in [0.15, 0.2) is 0 Å². The molecule has 0 aliphatic rings. The fourth-order valence-electron chi connectivity index (χ4n) is 2.82. The van der Waals surface area contributed by atoms with E-state index in [9.17, 15) is 0 Å². The van der Waals surface area contributed by atoms with E-state index in [-0.39, 0.29) is 0 Å². The van der Waals surface area contributed by atoms with Crippen molar-refractivity contribution in [1.29, 1.82) is 5.26 Å². The third-order valence-electron chi connectivity index (χ3n) is 4.26. The molecule has 0 saturated carbocycles. The van der Waals surface area contributed by atoms with E-state index >= 15 is 0 Å². The molecule has 0 radical (unpaired) electrons. The first-order valence-corrected chi connectivity index (χ1v) is 8.18. The maximum absolute atomic E-state index is 9.01. The van der Waals surface area contributed by atoms with Gasteiger partial charge in [-0.25, -0.2) is 4.68 Å². The molecule has 0 fully saturated rings. The van der Waals surface area contributed by atoms with Gasteiger partial charge in [0.2, 0.25) is 0 Å². The zero-order valence-corrected chi connectivity index (χ0v) is 14.7. The molecule has 0 spiro atoms. The van der Waals surface area contributed by atoms with Crippen molar-refractivity contribution in [3.8, 4) is 11.8 Å². The summed E-state index contributed by atoms with van der Waals surface area (Å²) in [6.45, 7) is 6.18. The predicted molar refractivity (Wildman–Crippen MR) is 96.7 cm³/mol. The summed E-state index contributed by atoms with van der Waals surface area (Å²) in [5.74, 6) is 0. The lowest BCUT2D eigenvalue weighted by molar-refractivity contribution is 0.832. The minimum absolute atomic E-state index is 0.447. The molecule has 3 aromatic rings. The lowest BCUT2D eigenvalue weighted by atomic mass is 10.0. The zero-order chi connectivity index (χ0) is 17.3. The fraction of sp³-hybridized carbons (Fsp3) is 0.200. The first kappa shape index (κ1) is 16.3. The molecule has 3 rings (SSSR count). The van der Waals surface area contributed by atoms with Gasteiger partial charge < -0.3 is 0 Å². The molecule has 0 N–H and O–H groups in total. The lowest BCUT2D eigenvalue weighted by Gasteiger charge is -2.07. The Morgan fingerprint density at radius 1 is 1.08 bits per heavy atom. The summed E-state index contributed by atoms with van der Waals surface area (Å²) >= 11 is 6.16. The van der Waals surface area contributed by atoms with Crippen molar-refractivity contribution in [2.45, 2.75) is 27.2 Å². The van der Waals surface area contributed by atoms with E-state index in [2.05, 4.69) is 49.3 Å². The Morgan fingerprint density at radius 3 is 2.42 bits per heavy atom. The van der Waals surface area contributed by atoms with Gasteiger partial charge in [-0.15, -0.1) is 0 Å². The molecule has 3 nitrogen and oxygen atoms in total. The Morgan fingerprint density at radius 2 is 1.79 bits per heavy atom. The maximum Gasteiger partial charge on any atom is 0.101 e. The van der Waals surface area contributed by atoms with Crippen LogP contribution in [0.2, 0.25) is 5.02 Å². The van der Waals surface area contributed by atoms with Gasteiger partial charge >= 0.3 is 0 Å². The van der Waals surface area contributed by atoms with Crippen LogP contribution >= 0.6 is 11.6 Å². The minimum atomic E-state index is 0.447. The van der Waals surface area contributed by atoms with E-state index < -0.39 is 0 Å². The fourth-order valence-corrected chi connectivity index (χ4v) is 3.04. The summed E-state index contributed by atoms with van der Waals surface area (Å²) in [6.07, 6.45) is 0.849. The number of aromatic nitrogens is 2. The first-order valence-electron chi connectivity index (χ1n) is 7.80. The van der Waals surface area contributed by atoms with Crippen LogP contribution in [0.1, 0.15) is 33.6 Å². The first-order chi connectivity index (χ1) is 11.5. The highest BCUT2D eigenvalue weighted by Crippen LogP contribution is 2.24. The van der Waals surface area contributed by atoms with Gasteiger partial charge in [0.1, 0.15) is 6.07 Å². The summed E-state index contributed by atoms with van der Waals surface area (Å²) in [5, 5.41) is 14.1. The Labute approximate surface area is 147 Å². The van der Waals surface area contributed by atoms with Crippen LogP contribution in [0.3, 0.4) is 0 Å². The topological polar surface area (TPSA) is 41.6 Å². The van der Waals surface area contributed by atoms with Crippen molar-refractivity contribution >= 4 is 11.6 Å². The standard InChI is InChI=1S/C20H18ClN3/c1-13-4-6-16(7-5-13)10-19-14(2)23-24(15(19)3)18-9-8-17(12-22)20(21)11-18/h4-9,11H,10H2,1-3H3. The van der Waals surface area contributed by atoms with Crippen molar-refractivity contribution < 1.29 is 0 Å². The molecule has 0 atom stereocenters. The lowest BCUT2D eigenvalue weighted by Crippen LogP contribution is -2.00. The molecule has 0 aliphatic carbocycles. The minimum Gasteiger partial charge on any atom is -0.238 e. The molecule has 0 aliphatic heterocycles. The van der Waals surface area contributed by atoms with Crippen molar-refractivity contribution in [3.05, 3.63) is 81.1 Å². The smallest absolute Gasteiger partial charge is 0.101 e. The van der Waals surface area contributed by atoms with Gasteiger partial charge in [-0.1, -0.05) is 41.4 Å². The number of hydrogen-bond acceptors (Lipinski definition) is 2. The number of benzene rings is 2. The second kappa shape index (κ2) is 6.51. The Hall–Kier alpha value is -2.57. The molecule has 0 unspecified atom stereocenters. The predicted octanol–water partition coefficient (Wildman–Crippen LogP) is 4.91. The second-order valence-electron chi connectivity index (χ2n) is 6.00. The highest BCUT2D eigenvalue weighted by Gasteiger charge is 2.14. The Balaban J connectivity index is 1.99. The highest BCUT2D eigenvalue weighted by molar-refractivity contribution is 6.31. The molecule has 0 saturated heterocycles. The van der Waals surface area contributed by atoms with Gasteiger partial charge in [0.25, 0.3) is 0 Å². The Kier molecular flexibility index (Phi) is 4.42. The molecular formula is C20H18ClN3. The third kappa shape index (κ3) is 3.06. The number of halogens is 1. The molecule has 1 aromatic heterocycles. The Bertz CT molecular complexity index is 931. The van der Waals surface area contributed by atoms with Crippen molar-refractivity contribution in [2.24, 2.45) is 0 Å². The highest BCUT2D eigenvalue weighted by atomic mass is 35.5. The van der Waals surface area contributed by atoms with Crippen LogP contribution < -0.4 is 0 Å². The van der Waals surface area contributed by atoms with Crippen molar-refractivity contribution in [2.75, 3.05) is 0 Å². The quantitative estimate of drug-likeness (QED) is 0.682. The van der Waals surface area contributed by atoms with E-state index in [1.54, 1.807) is 12.1 Å². The molecule has 24 heavy (non-hydrogen) atoms. The summed E-state index contributed by atoms with van der Waals surface area (Å²) < 4.78 is 1.89. The van der Waals surface area contributed by atoms with Gasteiger partial charge in [-0.3, -0.25) is 0 Å². The van der Waals surface area contributed by atoms with Crippen molar-refractivity contribution in [3.63, 3.8) is 0 Å². The molecule has 120 valence electrons. The number of aryl methyl sites for hydroxylation is 2. The van der Waals surface area contributed by atoms with E-state index in [4.69, 9.17) is 16.9 Å². The van der Waals surface area contributed by atoms with E-state index in [0.29, 0.717) is 10.6 Å². The van der Waals surface area contributed by atoms with Crippen molar-refractivity contribution in [1.82, 2.24) is 9.78 Å². The van der Waals surface area contributed by atoms with E-state index in [1.165, 1.54) is 16.7 Å². The second-order valence-corrected chi connectivity index (χ2v) is 6.41. The van der Waals surface area contributed by atoms with E-state index in [0.717, 1.165) is 23.5 Å². The van der Waals surface area contributed by atoms with Crippen LogP contribution in [-0.2, 0) is 6.42 Å². The molecular weight excluding hydrogens is 318 g/mol. The number of nitriles is 1. The summed E-state index contributed by atoms with van der Waals surface area (Å²) in [5.41, 5.74) is 7.19. The number of hydrogen-bond donors (Lipinski definition) is 0. The van der Waals surface area contributed by atoms with Crippen LogP contribution in [0, 0.1) is 32.1 Å². The summed E-state index contributed by atoms with van der Waals surface area (Å²) in [7, 11) is 0. The molecule has 1 heterocycles. The molecule has 0 bridgehead atoms. The maximum atomic E-state index is 9.01. The normalized spacial score (nSPS) is 10.6. The van der Waals surface area contributed by atoms with Crippen LogP contribution in [-0.4, -0.2) is 9.78 Å². The average Bonchev–Trinajstić information content (AvgIpc) is 2.85. The molecule has 4 heteroatoms. The largest absolute Gasteiger partial charge is 0.238 e. The summed E-state index contributed by atoms with van der Waals surface area (Å²) in [4.78, 5) is 0. The van der Waals surface area contributed by atoms with Crippen LogP contribution in [0.5, 0.6) is 0 Å². The number of nitrogens with zero attached hydrogens (tertiary/aromatic N) is 3.